The van der Waals surface area contributed by atoms with Crippen molar-refractivity contribution in [3.05, 3.63) is 40.4 Å². The lowest BCUT2D eigenvalue weighted by Gasteiger charge is -2.06. The number of aromatic nitrogens is 3. The number of hydrogen-bond donors (Lipinski definition) is 0. The molecule has 0 unspecified atom stereocenters. The van der Waals surface area contributed by atoms with Gasteiger partial charge in [-0.15, -0.1) is 0 Å². The predicted molar refractivity (Wildman–Crippen MR) is 85.1 cm³/mol. The SMILES string of the molecule is CCOC(=O)c1cn(Cc2cnc(Cl)c(OC)c2)nc1C1CC1. The second-order valence-corrected chi connectivity index (χ2v) is 5.81. The van der Waals surface area contributed by atoms with Crippen molar-refractivity contribution in [1.29, 1.82) is 0 Å². The van der Waals surface area contributed by atoms with E-state index < -0.39 is 0 Å². The summed E-state index contributed by atoms with van der Waals surface area (Å²) >= 11 is 5.94. The fraction of sp³-hybridized carbons (Fsp3) is 0.438. The van der Waals surface area contributed by atoms with E-state index in [9.17, 15) is 4.79 Å². The van der Waals surface area contributed by atoms with Crippen LogP contribution in [0.1, 0.15) is 47.3 Å². The number of nitrogens with zero attached hydrogens (tertiary/aromatic N) is 3. The smallest absolute Gasteiger partial charge is 0.341 e. The summed E-state index contributed by atoms with van der Waals surface area (Å²) in [5, 5.41) is 4.88. The molecule has 0 spiro atoms. The van der Waals surface area contributed by atoms with E-state index in [1.54, 1.807) is 31.1 Å². The lowest BCUT2D eigenvalue weighted by molar-refractivity contribution is 0.0525. The highest BCUT2D eigenvalue weighted by atomic mass is 35.5. The third-order valence-corrected chi connectivity index (χ3v) is 3.96. The van der Waals surface area contributed by atoms with Gasteiger partial charge >= 0.3 is 5.97 Å². The van der Waals surface area contributed by atoms with E-state index in [-0.39, 0.29) is 5.97 Å². The summed E-state index contributed by atoms with van der Waals surface area (Å²) in [6.45, 7) is 2.64. The van der Waals surface area contributed by atoms with Crippen molar-refractivity contribution < 1.29 is 14.3 Å². The van der Waals surface area contributed by atoms with Crippen LogP contribution in [-0.4, -0.2) is 34.5 Å². The Morgan fingerprint density at radius 3 is 2.91 bits per heavy atom. The van der Waals surface area contributed by atoms with Gasteiger partial charge in [-0.05, 0) is 31.4 Å². The quantitative estimate of drug-likeness (QED) is 0.599. The molecule has 3 rings (SSSR count). The molecule has 0 radical (unpaired) electrons. The molecule has 2 heterocycles. The molecule has 1 saturated carbocycles. The van der Waals surface area contributed by atoms with Crippen molar-refractivity contribution in [3.63, 3.8) is 0 Å². The average molecular weight is 336 g/mol. The average Bonchev–Trinajstić information content (AvgIpc) is 3.30. The molecule has 1 aliphatic rings. The van der Waals surface area contributed by atoms with Gasteiger partial charge in [0.05, 0.1) is 26.0 Å². The van der Waals surface area contributed by atoms with Crippen LogP contribution in [0.3, 0.4) is 0 Å². The fourth-order valence-electron chi connectivity index (χ4n) is 2.43. The summed E-state index contributed by atoms with van der Waals surface area (Å²) in [7, 11) is 1.55. The van der Waals surface area contributed by atoms with Gasteiger partial charge in [-0.1, -0.05) is 11.6 Å². The van der Waals surface area contributed by atoms with Crippen LogP contribution in [0.2, 0.25) is 5.15 Å². The number of methoxy groups -OCH3 is 1. The number of halogens is 1. The van der Waals surface area contributed by atoms with Crippen LogP contribution in [0, 0.1) is 0 Å². The minimum absolute atomic E-state index is 0.313. The van der Waals surface area contributed by atoms with Crippen molar-refractivity contribution in [2.75, 3.05) is 13.7 Å². The highest BCUT2D eigenvalue weighted by Gasteiger charge is 2.32. The van der Waals surface area contributed by atoms with Crippen LogP contribution in [-0.2, 0) is 11.3 Å². The molecule has 6 nitrogen and oxygen atoms in total. The van der Waals surface area contributed by atoms with Crippen molar-refractivity contribution in [3.8, 4) is 5.75 Å². The zero-order valence-electron chi connectivity index (χ0n) is 13.1. The van der Waals surface area contributed by atoms with E-state index in [4.69, 9.17) is 21.1 Å². The van der Waals surface area contributed by atoms with E-state index in [0.717, 1.165) is 24.1 Å². The van der Waals surface area contributed by atoms with Gasteiger partial charge in [-0.3, -0.25) is 4.68 Å². The summed E-state index contributed by atoms with van der Waals surface area (Å²) in [5.41, 5.74) is 2.28. The van der Waals surface area contributed by atoms with Gasteiger partial charge in [0, 0.05) is 18.3 Å². The third kappa shape index (κ3) is 3.47. The first kappa shape index (κ1) is 15.8. The number of rotatable bonds is 6. The number of carbonyl (C=O) groups excluding carboxylic acids is 1. The van der Waals surface area contributed by atoms with Crippen LogP contribution < -0.4 is 4.74 Å². The molecule has 7 heteroatoms. The Bertz CT molecular complexity index is 725. The van der Waals surface area contributed by atoms with Crippen LogP contribution in [0.15, 0.2) is 18.5 Å². The van der Waals surface area contributed by atoms with Gasteiger partial charge in [0.2, 0.25) is 0 Å². The number of carbonyl (C=O) groups is 1. The third-order valence-electron chi connectivity index (χ3n) is 3.68. The molecule has 2 aromatic heterocycles. The summed E-state index contributed by atoms with van der Waals surface area (Å²) in [6, 6.07) is 1.82. The van der Waals surface area contributed by atoms with Crippen molar-refractivity contribution >= 4 is 17.6 Å². The number of ether oxygens (including phenoxy) is 2. The van der Waals surface area contributed by atoms with Gasteiger partial charge in [-0.2, -0.15) is 5.10 Å². The highest BCUT2D eigenvalue weighted by molar-refractivity contribution is 6.30. The first-order valence-corrected chi connectivity index (χ1v) is 7.93. The second kappa shape index (κ2) is 6.58. The normalized spacial score (nSPS) is 13.9. The molecule has 0 atom stereocenters. The summed E-state index contributed by atoms with van der Waals surface area (Å²) < 4.78 is 12.0. The van der Waals surface area contributed by atoms with Gasteiger partial charge in [0.25, 0.3) is 0 Å². The summed E-state index contributed by atoms with van der Waals surface area (Å²) in [4.78, 5) is 16.2. The maximum Gasteiger partial charge on any atom is 0.341 e. The molecule has 2 aromatic rings. The summed E-state index contributed by atoms with van der Waals surface area (Å²) in [6.07, 6.45) is 5.56. The number of pyridine rings is 1. The molecule has 0 amide bonds. The molecule has 0 aliphatic heterocycles. The van der Waals surface area contributed by atoms with E-state index in [2.05, 4.69) is 10.1 Å². The molecule has 1 fully saturated rings. The zero-order valence-corrected chi connectivity index (χ0v) is 13.8. The Hall–Kier alpha value is -2.08. The molecular weight excluding hydrogens is 318 g/mol. The van der Waals surface area contributed by atoms with E-state index in [1.807, 2.05) is 6.07 Å². The zero-order chi connectivity index (χ0) is 16.4. The number of hydrogen-bond acceptors (Lipinski definition) is 5. The minimum Gasteiger partial charge on any atom is -0.494 e. The fourth-order valence-corrected chi connectivity index (χ4v) is 2.61. The molecule has 23 heavy (non-hydrogen) atoms. The van der Waals surface area contributed by atoms with Crippen molar-refractivity contribution in [2.45, 2.75) is 32.2 Å². The lowest BCUT2D eigenvalue weighted by atomic mass is 10.2. The van der Waals surface area contributed by atoms with E-state index >= 15 is 0 Å². The minimum atomic E-state index is -0.313. The largest absolute Gasteiger partial charge is 0.494 e. The highest BCUT2D eigenvalue weighted by Crippen LogP contribution is 2.41. The molecule has 1 aliphatic carbocycles. The van der Waals surface area contributed by atoms with Crippen LogP contribution >= 0.6 is 11.6 Å². The lowest BCUT2D eigenvalue weighted by Crippen LogP contribution is -2.06. The Balaban J connectivity index is 1.85. The maximum atomic E-state index is 12.1. The Kier molecular flexibility index (Phi) is 4.52. The topological polar surface area (TPSA) is 66.2 Å². The first-order valence-electron chi connectivity index (χ1n) is 7.55. The summed E-state index contributed by atoms with van der Waals surface area (Å²) in [5.74, 6) is 0.574. The van der Waals surface area contributed by atoms with Gasteiger partial charge in [0.1, 0.15) is 5.56 Å². The van der Waals surface area contributed by atoms with Crippen molar-refractivity contribution in [2.24, 2.45) is 0 Å². The second-order valence-electron chi connectivity index (χ2n) is 5.46. The predicted octanol–water partition coefficient (Wildman–Crippen LogP) is 3.04. The van der Waals surface area contributed by atoms with Gasteiger partial charge in [0.15, 0.2) is 10.9 Å². The van der Waals surface area contributed by atoms with Crippen LogP contribution in [0.4, 0.5) is 0 Å². The molecule has 122 valence electrons. The Labute approximate surface area is 139 Å². The van der Waals surface area contributed by atoms with Crippen LogP contribution in [0.25, 0.3) is 0 Å². The Morgan fingerprint density at radius 1 is 1.48 bits per heavy atom. The van der Waals surface area contributed by atoms with Gasteiger partial charge in [-0.25, -0.2) is 9.78 Å². The van der Waals surface area contributed by atoms with Crippen molar-refractivity contribution in [1.82, 2.24) is 14.8 Å². The maximum absolute atomic E-state index is 12.1. The molecule has 0 saturated heterocycles. The Morgan fingerprint density at radius 2 is 2.26 bits per heavy atom. The van der Waals surface area contributed by atoms with E-state index in [0.29, 0.717) is 35.5 Å². The monoisotopic (exact) mass is 335 g/mol. The standard InChI is InChI=1S/C16H18ClN3O3/c1-3-23-16(21)12-9-20(19-14(12)11-4-5-11)8-10-6-13(22-2)15(17)18-7-10/h6-7,9,11H,3-5,8H2,1-2H3. The van der Waals surface area contributed by atoms with Crippen LogP contribution in [0.5, 0.6) is 5.75 Å². The molecule has 0 N–H and O–H groups in total. The molecule has 0 aromatic carbocycles. The van der Waals surface area contributed by atoms with Gasteiger partial charge < -0.3 is 9.47 Å². The molecule has 0 bridgehead atoms. The van der Waals surface area contributed by atoms with E-state index in [1.165, 1.54) is 0 Å². The molecular formula is C16H18ClN3O3. The number of esters is 1. The first-order chi connectivity index (χ1) is 11.1.